The van der Waals surface area contributed by atoms with Gasteiger partial charge in [-0.25, -0.2) is 9.36 Å². The Bertz CT molecular complexity index is 1210. The van der Waals surface area contributed by atoms with E-state index in [1.54, 1.807) is 30.5 Å². The average molecular weight is 366 g/mol. The molecular formula is C19H12ClN3O3. The number of allylic oxidation sites excluding steroid dienone is 1. The van der Waals surface area contributed by atoms with Crippen molar-refractivity contribution in [2.45, 2.75) is 0 Å². The van der Waals surface area contributed by atoms with E-state index in [4.69, 9.17) is 11.6 Å². The van der Waals surface area contributed by atoms with Gasteiger partial charge in [-0.3, -0.25) is 14.8 Å². The number of aromatic nitrogens is 2. The number of para-hydroxylation sites is 2. The number of rotatable bonds is 2. The third kappa shape index (κ3) is 2.57. The highest BCUT2D eigenvalue weighted by Crippen LogP contribution is 2.33. The summed E-state index contributed by atoms with van der Waals surface area (Å²) >= 11 is 6.13. The Labute approximate surface area is 152 Å². The Hall–Kier alpha value is -3.38. The van der Waals surface area contributed by atoms with E-state index in [1.165, 1.54) is 6.08 Å². The van der Waals surface area contributed by atoms with E-state index in [9.17, 15) is 14.7 Å². The fourth-order valence-electron chi connectivity index (χ4n) is 2.83. The molecule has 3 aromatic rings. The molecule has 0 atom stereocenters. The molecule has 2 heterocycles. The Morgan fingerprint density at radius 3 is 2.62 bits per heavy atom. The van der Waals surface area contributed by atoms with Crippen molar-refractivity contribution in [2.24, 2.45) is 4.99 Å². The minimum atomic E-state index is -0.775. The van der Waals surface area contributed by atoms with Crippen LogP contribution in [0.5, 0.6) is 5.88 Å². The van der Waals surface area contributed by atoms with Crippen LogP contribution in [0.4, 0.5) is 5.69 Å². The molecule has 2 aromatic carbocycles. The molecule has 0 unspecified atom stereocenters. The minimum Gasteiger partial charge on any atom is -0.494 e. The number of hydrogen-bond donors (Lipinski definition) is 2. The second kappa shape index (κ2) is 6.16. The van der Waals surface area contributed by atoms with Gasteiger partial charge in [0, 0.05) is 17.4 Å². The fraction of sp³-hybridized carbons (Fsp3) is 0. The van der Waals surface area contributed by atoms with Crippen molar-refractivity contribution in [3.05, 3.63) is 85.5 Å². The van der Waals surface area contributed by atoms with Gasteiger partial charge >= 0.3 is 5.69 Å². The SMILES string of the molecule is O=c1[nH]c(=O)n(-c2ccccc2Cl)c(O)c1/C=C1\C=Nc2ccccc21. The summed E-state index contributed by atoms with van der Waals surface area (Å²) in [4.78, 5) is 31.0. The van der Waals surface area contributed by atoms with E-state index in [2.05, 4.69) is 9.98 Å². The number of hydrogen-bond acceptors (Lipinski definition) is 4. The first-order valence-electron chi connectivity index (χ1n) is 7.74. The molecule has 7 heteroatoms. The summed E-state index contributed by atoms with van der Waals surface area (Å²) in [7, 11) is 0. The zero-order valence-corrected chi connectivity index (χ0v) is 14.1. The van der Waals surface area contributed by atoms with Gasteiger partial charge in [0.25, 0.3) is 5.56 Å². The summed E-state index contributed by atoms with van der Waals surface area (Å²) in [5.41, 5.74) is 1.02. The number of aliphatic imine (C=N–C) groups is 1. The van der Waals surface area contributed by atoms with Gasteiger partial charge in [-0.1, -0.05) is 41.9 Å². The van der Waals surface area contributed by atoms with Gasteiger partial charge in [0.2, 0.25) is 5.88 Å². The lowest BCUT2D eigenvalue weighted by molar-refractivity contribution is 0.429. The van der Waals surface area contributed by atoms with Crippen LogP contribution in [-0.2, 0) is 0 Å². The minimum absolute atomic E-state index is 0.0531. The van der Waals surface area contributed by atoms with E-state index in [0.717, 1.165) is 15.8 Å². The third-order valence-corrected chi connectivity index (χ3v) is 4.39. The van der Waals surface area contributed by atoms with E-state index >= 15 is 0 Å². The Kier molecular flexibility index (Phi) is 3.82. The molecular weight excluding hydrogens is 354 g/mol. The van der Waals surface area contributed by atoms with Crippen LogP contribution in [0.2, 0.25) is 5.02 Å². The van der Waals surface area contributed by atoms with E-state index in [-0.39, 0.29) is 16.3 Å². The van der Waals surface area contributed by atoms with Crippen molar-refractivity contribution in [2.75, 3.05) is 0 Å². The molecule has 1 aliphatic heterocycles. The standard InChI is InChI=1S/C19H12ClN3O3/c20-14-6-2-4-8-16(14)23-18(25)13(17(24)22-19(23)26)9-11-10-21-15-7-3-1-5-12(11)15/h1-10,25H,(H,22,24,26)/b11-9+. The number of nitrogens with one attached hydrogen (secondary N) is 1. The largest absolute Gasteiger partial charge is 0.494 e. The molecule has 1 aromatic heterocycles. The molecule has 0 fully saturated rings. The molecule has 128 valence electrons. The predicted molar refractivity (Wildman–Crippen MR) is 102 cm³/mol. The molecule has 0 radical (unpaired) electrons. The van der Waals surface area contributed by atoms with Gasteiger partial charge in [-0.15, -0.1) is 0 Å². The second-order valence-electron chi connectivity index (χ2n) is 5.66. The molecule has 0 amide bonds. The Morgan fingerprint density at radius 2 is 1.81 bits per heavy atom. The highest BCUT2D eigenvalue weighted by atomic mass is 35.5. The number of fused-ring (bicyclic) bond motifs is 1. The van der Waals surface area contributed by atoms with Crippen LogP contribution in [0.15, 0.2) is 63.1 Å². The Morgan fingerprint density at radius 1 is 1.08 bits per heavy atom. The lowest BCUT2D eigenvalue weighted by Gasteiger charge is -2.11. The highest BCUT2D eigenvalue weighted by Gasteiger charge is 2.18. The number of aromatic hydroxyl groups is 1. The van der Waals surface area contributed by atoms with Crippen molar-refractivity contribution in [1.82, 2.24) is 9.55 Å². The smallest absolute Gasteiger partial charge is 0.335 e. The Balaban J connectivity index is 1.95. The van der Waals surface area contributed by atoms with Crippen molar-refractivity contribution in [3.63, 3.8) is 0 Å². The molecule has 0 saturated heterocycles. The summed E-state index contributed by atoms with van der Waals surface area (Å²) < 4.78 is 0.966. The van der Waals surface area contributed by atoms with Gasteiger partial charge in [-0.2, -0.15) is 0 Å². The summed E-state index contributed by atoms with van der Waals surface area (Å²) in [5, 5.41) is 10.9. The third-order valence-electron chi connectivity index (χ3n) is 4.07. The van der Waals surface area contributed by atoms with Gasteiger partial charge < -0.3 is 5.11 Å². The molecule has 0 spiro atoms. The second-order valence-corrected chi connectivity index (χ2v) is 6.07. The normalized spacial score (nSPS) is 14.0. The molecule has 6 nitrogen and oxygen atoms in total. The lowest BCUT2D eigenvalue weighted by Crippen LogP contribution is -2.30. The van der Waals surface area contributed by atoms with Crippen LogP contribution < -0.4 is 11.2 Å². The van der Waals surface area contributed by atoms with E-state index < -0.39 is 17.1 Å². The van der Waals surface area contributed by atoms with Crippen LogP contribution in [0.3, 0.4) is 0 Å². The maximum absolute atomic E-state index is 12.3. The van der Waals surface area contributed by atoms with Crippen LogP contribution in [0.25, 0.3) is 17.3 Å². The van der Waals surface area contributed by atoms with Crippen LogP contribution in [-0.4, -0.2) is 20.9 Å². The highest BCUT2D eigenvalue weighted by molar-refractivity contribution is 6.32. The molecule has 2 N–H and O–H groups in total. The average Bonchev–Trinajstić information content (AvgIpc) is 3.03. The first-order chi connectivity index (χ1) is 12.6. The number of nitrogens with zero attached hydrogens (tertiary/aromatic N) is 2. The summed E-state index contributed by atoms with van der Waals surface area (Å²) in [5.74, 6) is -0.489. The van der Waals surface area contributed by atoms with Gasteiger partial charge in [0.05, 0.1) is 16.4 Å². The zero-order chi connectivity index (χ0) is 18.3. The first-order valence-corrected chi connectivity index (χ1v) is 8.12. The monoisotopic (exact) mass is 365 g/mol. The van der Waals surface area contributed by atoms with E-state index in [1.807, 2.05) is 24.3 Å². The predicted octanol–water partition coefficient (Wildman–Crippen LogP) is 3.14. The molecule has 4 rings (SSSR count). The van der Waals surface area contributed by atoms with Crippen LogP contribution in [0, 0.1) is 0 Å². The number of aromatic amines is 1. The van der Waals surface area contributed by atoms with Crippen LogP contribution >= 0.6 is 11.6 Å². The number of benzene rings is 2. The maximum atomic E-state index is 12.3. The number of H-pyrrole nitrogens is 1. The van der Waals surface area contributed by atoms with Crippen molar-refractivity contribution in [3.8, 4) is 11.6 Å². The fourth-order valence-corrected chi connectivity index (χ4v) is 3.05. The summed E-state index contributed by atoms with van der Waals surface area (Å²) in [6, 6.07) is 14.0. The molecule has 0 saturated carbocycles. The molecule has 0 aliphatic carbocycles. The molecule has 0 bridgehead atoms. The van der Waals surface area contributed by atoms with Crippen molar-refractivity contribution >= 4 is 35.2 Å². The maximum Gasteiger partial charge on any atom is 0.335 e. The van der Waals surface area contributed by atoms with Gasteiger partial charge in [0.15, 0.2) is 0 Å². The summed E-state index contributed by atoms with van der Waals surface area (Å²) in [6.07, 6.45) is 3.10. The zero-order valence-electron chi connectivity index (χ0n) is 13.3. The topological polar surface area (TPSA) is 87.5 Å². The molecule has 26 heavy (non-hydrogen) atoms. The molecule has 1 aliphatic rings. The van der Waals surface area contributed by atoms with Crippen molar-refractivity contribution in [1.29, 1.82) is 0 Å². The summed E-state index contributed by atoms with van der Waals surface area (Å²) in [6.45, 7) is 0. The quantitative estimate of drug-likeness (QED) is 0.731. The number of halogens is 1. The van der Waals surface area contributed by atoms with Gasteiger partial charge in [0.1, 0.15) is 5.56 Å². The van der Waals surface area contributed by atoms with Gasteiger partial charge in [-0.05, 0) is 24.3 Å². The van der Waals surface area contributed by atoms with Crippen LogP contribution in [0.1, 0.15) is 11.1 Å². The first kappa shape index (κ1) is 16.1. The lowest BCUT2D eigenvalue weighted by atomic mass is 10.1. The van der Waals surface area contributed by atoms with Crippen molar-refractivity contribution < 1.29 is 5.11 Å². The van der Waals surface area contributed by atoms with E-state index in [0.29, 0.717) is 5.57 Å².